The number of hydrogen-bond acceptors (Lipinski definition) is 2. The molecule has 0 amide bonds. The summed E-state index contributed by atoms with van der Waals surface area (Å²) in [4.78, 5) is 0. The molecule has 2 aromatic carbocycles. The Morgan fingerprint density at radius 2 is 1.50 bits per heavy atom. The zero-order chi connectivity index (χ0) is 13.9. The average Bonchev–Trinajstić information content (AvgIpc) is 2.77. The molecule has 0 saturated carbocycles. The Balaban J connectivity index is 2.02. The molecule has 3 nitrogen and oxygen atoms in total. The Labute approximate surface area is 122 Å². The van der Waals surface area contributed by atoms with E-state index >= 15 is 0 Å². The van der Waals surface area contributed by atoms with Gasteiger partial charge in [0.25, 0.3) is 0 Å². The quantitative estimate of drug-likeness (QED) is 0.741. The lowest BCUT2D eigenvalue weighted by Crippen LogP contribution is -2.01. The predicted octanol–water partition coefficient (Wildman–Crippen LogP) is 3.76. The highest BCUT2D eigenvalue weighted by molar-refractivity contribution is 7.71. The minimum Gasteiger partial charge on any atom is -0.493 e. The summed E-state index contributed by atoms with van der Waals surface area (Å²) in [6.07, 6.45) is 1.65. The molecule has 0 spiro atoms. The first-order valence-corrected chi connectivity index (χ1v) is 6.77. The molecule has 0 radical (unpaired) electrons. The van der Waals surface area contributed by atoms with E-state index < -0.39 is 0 Å². The highest BCUT2D eigenvalue weighted by Gasteiger charge is 2.09. The summed E-state index contributed by atoms with van der Waals surface area (Å²) in [5.74, 6) is 0.169. The summed E-state index contributed by atoms with van der Waals surface area (Å²) in [5, 5.41) is 10.1. The highest BCUT2D eigenvalue weighted by atomic mass is 32.1. The maximum atomic E-state index is 10.1. The molecule has 1 N–H and O–H groups in total. The molecule has 0 aliphatic carbocycles. The SMILES string of the molecule is Oc1cn(-c2ccccc2)c(=S)n1Cc1ccccc1. The van der Waals surface area contributed by atoms with Gasteiger partial charge >= 0.3 is 0 Å². The van der Waals surface area contributed by atoms with Crippen molar-refractivity contribution >= 4 is 12.2 Å². The molecule has 0 unspecified atom stereocenters. The first-order valence-electron chi connectivity index (χ1n) is 6.36. The monoisotopic (exact) mass is 282 g/mol. The van der Waals surface area contributed by atoms with Crippen molar-refractivity contribution in [3.05, 3.63) is 77.2 Å². The van der Waals surface area contributed by atoms with Crippen LogP contribution in [0.5, 0.6) is 5.88 Å². The topological polar surface area (TPSA) is 30.1 Å². The van der Waals surface area contributed by atoms with Crippen molar-refractivity contribution in [2.45, 2.75) is 6.54 Å². The number of rotatable bonds is 3. The lowest BCUT2D eigenvalue weighted by Gasteiger charge is -2.05. The van der Waals surface area contributed by atoms with Crippen molar-refractivity contribution < 1.29 is 5.11 Å². The molecule has 4 heteroatoms. The van der Waals surface area contributed by atoms with E-state index in [9.17, 15) is 5.11 Å². The molecule has 0 bridgehead atoms. The number of nitrogens with zero attached hydrogens (tertiary/aromatic N) is 2. The van der Waals surface area contributed by atoms with Crippen LogP contribution in [-0.4, -0.2) is 14.2 Å². The molecule has 0 fully saturated rings. The van der Waals surface area contributed by atoms with Gasteiger partial charge in [-0.05, 0) is 29.9 Å². The molecular weight excluding hydrogens is 268 g/mol. The maximum absolute atomic E-state index is 10.1. The van der Waals surface area contributed by atoms with E-state index in [1.807, 2.05) is 65.2 Å². The van der Waals surface area contributed by atoms with Crippen LogP contribution in [0.3, 0.4) is 0 Å². The van der Waals surface area contributed by atoms with Gasteiger partial charge in [-0.25, -0.2) is 0 Å². The number of imidazole rings is 1. The van der Waals surface area contributed by atoms with Crippen molar-refractivity contribution in [2.24, 2.45) is 0 Å². The summed E-state index contributed by atoms with van der Waals surface area (Å²) < 4.78 is 4.11. The van der Waals surface area contributed by atoms with Crippen LogP contribution >= 0.6 is 12.2 Å². The van der Waals surface area contributed by atoms with Gasteiger partial charge < -0.3 is 5.11 Å². The van der Waals surface area contributed by atoms with Crippen LogP contribution in [-0.2, 0) is 6.54 Å². The van der Waals surface area contributed by atoms with E-state index in [2.05, 4.69) is 0 Å². The fourth-order valence-electron chi connectivity index (χ4n) is 2.16. The predicted molar refractivity (Wildman–Crippen MR) is 81.8 cm³/mol. The van der Waals surface area contributed by atoms with Gasteiger partial charge in [0.2, 0.25) is 5.88 Å². The summed E-state index contributed by atoms with van der Waals surface area (Å²) in [6.45, 7) is 0.561. The van der Waals surface area contributed by atoms with Crippen LogP contribution < -0.4 is 0 Å². The second-order valence-corrected chi connectivity index (χ2v) is 4.91. The van der Waals surface area contributed by atoms with Crippen molar-refractivity contribution in [2.75, 3.05) is 0 Å². The normalized spacial score (nSPS) is 10.6. The minimum absolute atomic E-state index is 0.169. The van der Waals surface area contributed by atoms with E-state index in [1.54, 1.807) is 10.8 Å². The van der Waals surface area contributed by atoms with E-state index in [0.29, 0.717) is 11.3 Å². The van der Waals surface area contributed by atoms with Gasteiger partial charge in [-0.1, -0.05) is 48.5 Å². The zero-order valence-corrected chi connectivity index (χ0v) is 11.6. The van der Waals surface area contributed by atoms with Gasteiger partial charge in [0.05, 0.1) is 12.7 Å². The van der Waals surface area contributed by atoms with Gasteiger partial charge in [0.15, 0.2) is 4.77 Å². The zero-order valence-electron chi connectivity index (χ0n) is 10.8. The number of benzene rings is 2. The Morgan fingerprint density at radius 1 is 0.900 bits per heavy atom. The van der Waals surface area contributed by atoms with E-state index in [-0.39, 0.29) is 5.88 Å². The first kappa shape index (κ1) is 12.7. The van der Waals surface area contributed by atoms with E-state index in [1.165, 1.54) is 0 Å². The molecular formula is C16H14N2OS. The number of para-hydroxylation sites is 1. The van der Waals surface area contributed by atoms with E-state index in [4.69, 9.17) is 12.2 Å². The van der Waals surface area contributed by atoms with Crippen LogP contribution in [0.15, 0.2) is 66.9 Å². The number of hydrogen-bond donors (Lipinski definition) is 1. The third kappa shape index (κ3) is 2.38. The third-order valence-corrected chi connectivity index (χ3v) is 3.59. The summed E-state index contributed by atoms with van der Waals surface area (Å²) >= 11 is 5.46. The molecule has 1 aromatic heterocycles. The lowest BCUT2D eigenvalue weighted by molar-refractivity contribution is 0.423. The Bertz CT molecular complexity index is 760. The molecule has 0 atom stereocenters. The summed E-state index contributed by atoms with van der Waals surface area (Å²) in [5.41, 5.74) is 2.05. The van der Waals surface area contributed by atoms with Crippen molar-refractivity contribution in [3.63, 3.8) is 0 Å². The van der Waals surface area contributed by atoms with Crippen LogP contribution in [0.25, 0.3) is 5.69 Å². The van der Waals surface area contributed by atoms with Crippen LogP contribution in [0.4, 0.5) is 0 Å². The Kier molecular flexibility index (Phi) is 3.39. The summed E-state index contributed by atoms with van der Waals surface area (Å²) in [6, 6.07) is 19.7. The second-order valence-electron chi connectivity index (χ2n) is 4.55. The second kappa shape index (κ2) is 5.35. The third-order valence-electron chi connectivity index (χ3n) is 3.18. The standard InChI is InChI=1S/C16H14N2OS/c19-15-12-17(14-9-5-2-6-10-14)16(20)18(15)11-13-7-3-1-4-8-13/h1-10,12,19H,11H2. The minimum atomic E-state index is 0.169. The smallest absolute Gasteiger partial charge is 0.210 e. The van der Waals surface area contributed by atoms with Gasteiger partial charge in [-0.2, -0.15) is 0 Å². The number of aromatic hydroxyl groups is 1. The van der Waals surface area contributed by atoms with Crippen molar-refractivity contribution in [1.82, 2.24) is 9.13 Å². The van der Waals surface area contributed by atoms with Crippen LogP contribution in [0.1, 0.15) is 5.56 Å². The fourth-order valence-corrected chi connectivity index (χ4v) is 2.47. The van der Waals surface area contributed by atoms with Gasteiger partial charge in [0.1, 0.15) is 0 Å². The Hall–Kier alpha value is -2.33. The highest BCUT2D eigenvalue weighted by Crippen LogP contribution is 2.19. The molecule has 1 heterocycles. The Morgan fingerprint density at radius 3 is 2.15 bits per heavy atom. The van der Waals surface area contributed by atoms with Gasteiger partial charge in [0, 0.05) is 5.69 Å². The fraction of sp³-hybridized carbons (Fsp3) is 0.0625. The van der Waals surface area contributed by atoms with Crippen LogP contribution in [0.2, 0.25) is 0 Å². The molecule has 0 saturated heterocycles. The van der Waals surface area contributed by atoms with Crippen molar-refractivity contribution in [3.8, 4) is 11.6 Å². The number of aromatic nitrogens is 2. The van der Waals surface area contributed by atoms with Crippen LogP contribution in [0, 0.1) is 4.77 Å². The van der Waals surface area contributed by atoms with Gasteiger partial charge in [-0.15, -0.1) is 0 Å². The molecule has 100 valence electrons. The average molecular weight is 282 g/mol. The van der Waals surface area contributed by atoms with Gasteiger partial charge in [-0.3, -0.25) is 9.13 Å². The largest absolute Gasteiger partial charge is 0.493 e. The maximum Gasteiger partial charge on any atom is 0.210 e. The molecule has 0 aliphatic rings. The summed E-state index contributed by atoms with van der Waals surface area (Å²) in [7, 11) is 0. The molecule has 3 rings (SSSR count). The molecule has 20 heavy (non-hydrogen) atoms. The molecule has 3 aromatic rings. The van der Waals surface area contributed by atoms with E-state index in [0.717, 1.165) is 11.3 Å². The first-order chi connectivity index (χ1) is 9.75. The molecule has 0 aliphatic heterocycles. The lowest BCUT2D eigenvalue weighted by atomic mass is 10.2. The van der Waals surface area contributed by atoms with Crippen molar-refractivity contribution in [1.29, 1.82) is 0 Å².